The highest BCUT2D eigenvalue weighted by Crippen LogP contribution is 2.30. The van der Waals surface area contributed by atoms with Crippen LogP contribution in [0.15, 0.2) is 23.8 Å². The molecule has 3 N–H and O–H groups in total. The van der Waals surface area contributed by atoms with Crippen molar-refractivity contribution in [2.24, 2.45) is 5.73 Å². The molecule has 5 heteroatoms. The molecule has 1 aliphatic heterocycles. The average Bonchev–Trinajstić information content (AvgIpc) is 2.55. The van der Waals surface area contributed by atoms with Crippen LogP contribution in [0.4, 0.5) is 0 Å². The summed E-state index contributed by atoms with van der Waals surface area (Å²) in [4.78, 5) is 12.4. The minimum absolute atomic E-state index is 0.0473. The molecule has 0 radical (unpaired) electrons. The van der Waals surface area contributed by atoms with Gasteiger partial charge in [-0.1, -0.05) is 0 Å². The van der Waals surface area contributed by atoms with Crippen molar-refractivity contribution in [2.45, 2.75) is 37.8 Å². The molecule has 0 aromatic heterocycles. The van der Waals surface area contributed by atoms with Crippen molar-refractivity contribution in [3.05, 3.63) is 29.3 Å². The normalized spacial score (nSPS) is 23.8. The molecule has 0 bridgehead atoms. The SMILES string of the molecule is COc1ccc2c(c1)C=C(C(=O)NC1CCC(N)CC1)CO2. The third-order valence-corrected chi connectivity index (χ3v) is 4.33. The fraction of sp³-hybridized carbons (Fsp3) is 0.471. The lowest BCUT2D eigenvalue weighted by atomic mass is 9.91. The van der Waals surface area contributed by atoms with Gasteiger partial charge in [0, 0.05) is 17.6 Å². The Morgan fingerprint density at radius 2 is 2.09 bits per heavy atom. The molecule has 1 aliphatic carbocycles. The van der Waals surface area contributed by atoms with Crippen LogP contribution in [0.1, 0.15) is 31.2 Å². The minimum Gasteiger partial charge on any atom is -0.497 e. The Labute approximate surface area is 130 Å². The fourth-order valence-corrected chi connectivity index (χ4v) is 2.96. The van der Waals surface area contributed by atoms with Crippen LogP contribution in [-0.4, -0.2) is 31.7 Å². The van der Waals surface area contributed by atoms with E-state index in [1.165, 1.54) is 0 Å². The molecule has 1 saturated carbocycles. The van der Waals surface area contributed by atoms with E-state index < -0.39 is 0 Å². The first-order chi connectivity index (χ1) is 10.7. The maximum absolute atomic E-state index is 12.4. The predicted octanol–water partition coefficient (Wildman–Crippen LogP) is 1.86. The van der Waals surface area contributed by atoms with Crippen LogP contribution in [0, 0.1) is 0 Å². The summed E-state index contributed by atoms with van der Waals surface area (Å²) in [5.41, 5.74) is 7.42. The van der Waals surface area contributed by atoms with E-state index in [0.29, 0.717) is 12.2 Å². The molecule has 0 atom stereocenters. The Hall–Kier alpha value is -2.01. The maximum Gasteiger partial charge on any atom is 0.250 e. The third-order valence-electron chi connectivity index (χ3n) is 4.33. The van der Waals surface area contributed by atoms with E-state index in [1.807, 2.05) is 24.3 Å². The fourth-order valence-electron chi connectivity index (χ4n) is 2.96. The summed E-state index contributed by atoms with van der Waals surface area (Å²) in [6.07, 6.45) is 5.73. The molecule has 1 aromatic carbocycles. The molecule has 1 heterocycles. The van der Waals surface area contributed by atoms with Gasteiger partial charge in [0.2, 0.25) is 0 Å². The van der Waals surface area contributed by atoms with Crippen LogP contribution < -0.4 is 20.5 Å². The summed E-state index contributed by atoms with van der Waals surface area (Å²) in [7, 11) is 1.62. The van der Waals surface area contributed by atoms with Gasteiger partial charge in [0.05, 0.1) is 12.7 Å². The highest BCUT2D eigenvalue weighted by molar-refractivity contribution is 5.99. The van der Waals surface area contributed by atoms with Gasteiger partial charge in [-0.25, -0.2) is 0 Å². The Bertz CT molecular complexity index is 590. The van der Waals surface area contributed by atoms with Crippen molar-refractivity contribution < 1.29 is 14.3 Å². The van der Waals surface area contributed by atoms with Gasteiger partial charge in [0.1, 0.15) is 18.1 Å². The van der Waals surface area contributed by atoms with Gasteiger partial charge in [-0.2, -0.15) is 0 Å². The van der Waals surface area contributed by atoms with Crippen molar-refractivity contribution in [3.8, 4) is 11.5 Å². The molecule has 0 unspecified atom stereocenters. The number of fused-ring (bicyclic) bond motifs is 1. The smallest absolute Gasteiger partial charge is 0.250 e. The second-order valence-electron chi connectivity index (χ2n) is 5.95. The van der Waals surface area contributed by atoms with Crippen molar-refractivity contribution in [3.63, 3.8) is 0 Å². The molecule has 0 spiro atoms. The second-order valence-corrected chi connectivity index (χ2v) is 5.95. The number of ether oxygens (including phenoxy) is 2. The largest absolute Gasteiger partial charge is 0.497 e. The average molecular weight is 302 g/mol. The van der Waals surface area contributed by atoms with Gasteiger partial charge in [0.25, 0.3) is 5.91 Å². The van der Waals surface area contributed by atoms with Crippen molar-refractivity contribution >= 4 is 12.0 Å². The van der Waals surface area contributed by atoms with Gasteiger partial charge in [-0.3, -0.25) is 4.79 Å². The summed E-state index contributed by atoms with van der Waals surface area (Å²) in [6, 6.07) is 6.09. The maximum atomic E-state index is 12.4. The number of hydrogen-bond acceptors (Lipinski definition) is 4. The van der Waals surface area contributed by atoms with Crippen LogP contribution in [0.5, 0.6) is 11.5 Å². The van der Waals surface area contributed by atoms with Gasteiger partial charge in [-0.05, 0) is 50.0 Å². The standard InChI is InChI=1S/C17H22N2O3/c1-21-15-6-7-16-11(9-15)8-12(10-22-16)17(20)19-14-4-2-13(18)3-5-14/h6-9,13-14H,2-5,10,18H2,1H3,(H,19,20). The first-order valence-electron chi connectivity index (χ1n) is 7.73. The lowest BCUT2D eigenvalue weighted by Gasteiger charge is -2.27. The van der Waals surface area contributed by atoms with E-state index in [0.717, 1.165) is 42.7 Å². The lowest BCUT2D eigenvalue weighted by Crippen LogP contribution is -2.41. The topological polar surface area (TPSA) is 73.6 Å². The second kappa shape index (κ2) is 6.40. The first-order valence-corrected chi connectivity index (χ1v) is 7.73. The molecular weight excluding hydrogens is 280 g/mol. The highest BCUT2D eigenvalue weighted by Gasteiger charge is 2.23. The molecule has 1 fully saturated rings. The third kappa shape index (κ3) is 3.25. The quantitative estimate of drug-likeness (QED) is 0.894. The number of nitrogens with two attached hydrogens (primary N) is 1. The Morgan fingerprint density at radius 3 is 2.82 bits per heavy atom. The van der Waals surface area contributed by atoms with Gasteiger partial charge < -0.3 is 20.5 Å². The summed E-state index contributed by atoms with van der Waals surface area (Å²) in [6.45, 7) is 0.303. The zero-order valence-corrected chi connectivity index (χ0v) is 12.8. The molecule has 118 valence electrons. The first kappa shape index (κ1) is 14.9. The van der Waals surface area contributed by atoms with Crippen molar-refractivity contribution in [2.75, 3.05) is 13.7 Å². The number of nitrogens with one attached hydrogen (secondary N) is 1. The number of carbonyl (C=O) groups excluding carboxylic acids is 1. The van der Waals surface area contributed by atoms with Crippen LogP contribution in [0.2, 0.25) is 0 Å². The van der Waals surface area contributed by atoms with Gasteiger partial charge in [-0.15, -0.1) is 0 Å². The zero-order chi connectivity index (χ0) is 15.5. The number of carbonyl (C=O) groups is 1. The lowest BCUT2D eigenvalue weighted by molar-refractivity contribution is -0.118. The number of benzene rings is 1. The van der Waals surface area contributed by atoms with Crippen LogP contribution in [-0.2, 0) is 4.79 Å². The monoisotopic (exact) mass is 302 g/mol. The molecule has 1 aromatic rings. The zero-order valence-electron chi connectivity index (χ0n) is 12.8. The molecule has 1 amide bonds. The van der Waals surface area contributed by atoms with E-state index in [9.17, 15) is 4.79 Å². The van der Waals surface area contributed by atoms with Gasteiger partial charge >= 0.3 is 0 Å². The number of methoxy groups -OCH3 is 1. The van der Waals surface area contributed by atoms with E-state index in [1.54, 1.807) is 7.11 Å². The number of rotatable bonds is 3. The minimum atomic E-state index is -0.0473. The Kier molecular flexibility index (Phi) is 4.34. The van der Waals surface area contributed by atoms with E-state index in [4.69, 9.17) is 15.2 Å². The van der Waals surface area contributed by atoms with Crippen molar-refractivity contribution in [1.82, 2.24) is 5.32 Å². The predicted molar refractivity (Wildman–Crippen MR) is 84.8 cm³/mol. The summed E-state index contributed by atoms with van der Waals surface area (Å²) >= 11 is 0. The molecule has 0 saturated heterocycles. The number of hydrogen-bond donors (Lipinski definition) is 2. The molecule has 5 nitrogen and oxygen atoms in total. The summed E-state index contributed by atoms with van der Waals surface area (Å²) in [5, 5.41) is 3.09. The van der Waals surface area contributed by atoms with Crippen LogP contribution in [0.3, 0.4) is 0 Å². The molecule has 2 aliphatic rings. The molecular formula is C17H22N2O3. The Balaban J connectivity index is 1.69. The van der Waals surface area contributed by atoms with Crippen LogP contribution in [0.25, 0.3) is 6.08 Å². The molecule has 22 heavy (non-hydrogen) atoms. The summed E-state index contributed by atoms with van der Waals surface area (Å²) in [5.74, 6) is 1.48. The highest BCUT2D eigenvalue weighted by atomic mass is 16.5. The van der Waals surface area contributed by atoms with Gasteiger partial charge in [0.15, 0.2) is 0 Å². The van der Waals surface area contributed by atoms with E-state index in [-0.39, 0.29) is 18.0 Å². The number of amides is 1. The van der Waals surface area contributed by atoms with Crippen LogP contribution >= 0.6 is 0 Å². The summed E-state index contributed by atoms with van der Waals surface area (Å²) < 4.78 is 10.9. The van der Waals surface area contributed by atoms with E-state index in [2.05, 4.69) is 5.32 Å². The molecule has 3 rings (SSSR count). The van der Waals surface area contributed by atoms with E-state index >= 15 is 0 Å². The van der Waals surface area contributed by atoms with Crippen molar-refractivity contribution in [1.29, 1.82) is 0 Å². The Morgan fingerprint density at radius 1 is 1.32 bits per heavy atom.